The number of hydrogen-bond donors (Lipinski definition) is 0. The molecule has 0 amide bonds. The van der Waals surface area contributed by atoms with E-state index in [4.69, 9.17) is 4.74 Å². The zero-order valence-corrected chi connectivity index (χ0v) is 13.8. The molecule has 0 unspecified atom stereocenters. The van der Waals surface area contributed by atoms with E-state index in [1.165, 1.54) is 4.68 Å². The summed E-state index contributed by atoms with van der Waals surface area (Å²) in [6.45, 7) is 2.05. The van der Waals surface area contributed by atoms with Crippen LogP contribution < -0.4 is 10.3 Å². The summed E-state index contributed by atoms with van der Waals surface area (Å²) in [4.78, 5) is 17.3. The molecular weight excluding hydrogens is 302 g/mol. The Bertz CT molecular complexity index is 927. The third-order valence-corrected chi connectivity index (χ3v) is 3.73. The second kappa shape index (κ2) is 7.08. The average molecular weight is 321 g/mol. The topological polar surface area (TPSA) is 56.5 Å². The number of fused-ring (bicyclic) bond motifs is 1. The minimum absolute atomic E-state index is 0.145. The van der Waals surface area contributed by atoms with Gasteiger partial charge in [-0.05, 0) is 48.4 Å². The number of nitrogens with zero attached hydrogens (tertiary/aromatic N) is 3. The molecule has 0 fully saturated rings. The van der Waals surface area contributed by atoms with Gasteiger partial charge >= 0.3 is 0 Å². The molecule has 0 atom stereocenters. The van der Waals surface area contributed by atoms with E-state index in [1.54, 1.807) is 19.4 Å². The lowest BCUT2D eigenvalue weighted by Crippen LogP contribution is -2.22. The average Bonchev–Trinajstić information content (AvgIpc) is 2.62. The van der Waals surface area contributed by atoms with Crippen molar-refractivity contribution in [2.24, 2.45) is 5.10 Å². The van der Waals surface area contributed by atoms with Crippen LogP contribution in [0.3, 0.4) is 0 Å². The summed E-state index contributed by atoms with van der Waals surface area (Å²) in [6.07, 6.45) is 3.25. The molecule has 3 aromatic rings. The number of rotatable bonds is 5. The van der Waals surface area contributed by atoms with Crippen molar-refractivity contribution in [1.29, 1.82) is 0 Å². The zero-order chi connectivity index (χ0) is 16.9. The molecule has 1 heterocycles. The molecule has 3 rings (SSSR count). The first-order chi connectivity index (χ1) is 11.7. The maximum atomic E-state index is 12.7. The molecule has 5 heteroatoms. The monoisotopic (exact) mass is 321 g/mol. The number of para-hydroxylation sites is 1. The smallest absolute Gasteiger partial charge is 0.282 e. The molecule has 122 valence electrons. The van der Waals surface area contributed by atoms with Crippen LogP contribution in [-0.4, -0.2) is 23.0 Å². The highest BCUT2D eigenvalue weighted by Crippen LogP contribution is 2.11. The number of methoxy groups -OCH3 is 1. The van der Waals surface area contributed by atoms with E-state index in [2.05, 4.69) is 17.0 Å². The second-order valence-corrected chi connectivity index (χ2v) is 5.43. The highest BCUT2D eigenvalue weighted by molar-refractivity contribution is 5.80. The molecule has 1 aromatic heterocycles. The molecule has 0 aliphatic carbocycles. The first-order valence-electron chi connectivity index (χ1n) is 7.92. The molecule has 0 saturated carbocycles. The van der Waals surface area contributed by atoms with Crippen LogP contribution in [0.15, 0.2) is 58.4 Å². The predicted octanol–water partition coefficient (Wildman–Crippen LogP) is 3.24. The Morgan fingerprint density at radius 1 is 1.17 bits per heavy atom. The Morgan fingerprint density at radius 2 is 1.92 bits per heavy atom. The Morgan fingerprint density at radius 3 is 2.62 bits per heavy atom. The molecule has 0 saturated heterocycles. The van der Waals surface area contributed by atoms with Gasteiger partial charge in [0.2, 0.25) is 0 Å². The second-order valence-electron chi connectivity index (χ2n) is 5.43. The van der Waals surface area contributed by atoms with Crippen molar-refractivity contribution in [3.05, 3.63) is 70.3 Å². The fraction of sp³-hybridized carbons (Fsp3) is 0.211. The minimum atomic E-state index is -0.145. The SMILES string of the molecule is CCCc1nc2ccccc2c(=O)n1N=Cc1ccc(OC)cc1. The number of benzene rings is 2. The Labute approximate surface area is 140 Å². The lowest BCUT2D eigenvalue weighted by molar-refractivity contribution is 0.415. The maximum Gasteiger partial charge on any atom is 0.282 e. The lowest BCUT2D eigenvalue weighted by atomic mass is 10.2. The highest BCUT2D eigenvalue weighted by atomic mass is 16.5. The third-order valence-electron chi connectivity index (χ3n) is 3.73. The first-order valence-corrected chi connectivity index (χ1v) is 7.92. The Kier molecular flexibility index (Phi) is 4.70. The Hall–Kier alpha value is -2.95. The van der Waals surface area contributed by atoms with Gasteiger partial charge in [0.15, 0.2) is 0 Å². The van der Waals surface area contributed by atoms with Crippen molar-refractivity contribution in [3.8, 4) is 5.75 Å². The fourth-order valence-electron chi connectivity index (χ4n) is 2.49. The van der Waals surface area contributed by atoms with Crippen molar-refractivity contribution in [2.75, 3.05) is 7.11 Å². The summed E-state index contributed by atoms with van der Waals surface area (Å²) < 4.78 is 6.54. The van der Waals surface area contributed by atoms with Gasteiger partial charge in [-0.15, -0.1) is 0 Å². The van der Waals surface area contributed by atoms with Crippen LogP contribution in [0.1, 0.15) is 24.7 Å². The number of hydrogen-bond acceptors (Lipinski definition) is 4. The van der Waals surface area contributed by atoms with Crippen LogP contribution in [0.5, 0.6) is 5.75 Å². The van der Waals surface area contributed by atoms with Crippen LogP contribution in [0, 0.1) is 0 Å². The summed E-state index contributed by atoms with van der Waals surface area (Å²) in [5.74, 6) is 1.45. The zero-order valence-electron chi connectivity index (χ0n) is 13.8. The van der Waals surface area contributed by atoms with Crippen LogP contribution >= 0.6 is 0 Å². The molecule has 0 aliphatic heterocycles. The van der Waals surface area contributed by atoms with Crippen LogP contribution in [0.2, 0.25) is 0 Å². The molecule has 24 heavy (non-hydrogen) atoms. The molecule has 2 aromatic carbocycles. The van der Waals surface area contributed by atoms with Gasteiger partial charge in [-0.3, -0.25) is 4.79 Å². The molecular formula is C19H19N3O2. The molecule has 5 nitrogen and oxygen atoms in total. The first kappa shape index (κ1) is 15.9. The van der Waals surface area contributed by atoms with Crippen molar-refractivity contribution in [1.82, 2.24) is 9.66 Å². The standard InChI is InChI=1S/C19H19N3O2/c1-3-6-18-21-17-8-5-4-7-16(17)19(23)22(18)20-13-14-9-11-15(24-2)12-10-14/h4-5,7-13H,3,6H2,1-2H3. The van der Waals surface area contributed by atoms with E-state index in [1.807, 2.05) is 42.5 Å². The van der Waals surface area contributed by atoms with Gasteiger partial charge in [0, 0.05) is 6.42 Å². The third kappa shape index (κ3) is 3.20. The highest BCUT2D eigenvalue weighted by Gasteiger charge is 2.09. The maximum absolute atomic E-state index is 12.7. The van der Waals surface area contributed by atoms with Gasteiger partial charge < -0.3 is 4.74 Å². The van der Waals surface area contributed by atoms with Gasteiger partial charge in [0.25, 0.3) is 5.56 Å². The van der Waals surface area contributed by atoms with Gasteiger partial charge in [0.1, 0.15) is 11.6 Å². The van der Waals surface area contributed by atoms with Gasteiger partial charge in [0.05, 0.1) is 24.2 Å². The van der Waals surface area contributed by atoms with Crippen LogP contribution in [0.25, 0.3) is 10.9 Å². The van der Waals surface area contributed by atoms with Gasteiger partial charge in [-0.1, -0.05) is 19.1 Å². The van der Waals surface area contributed by atoms with E-state index < -0.39 is 0 Å². The summed E-state index contributed by atoms with van der Waals surface area (Å²) in [5, 5.41) is 4.95. The summed E-state index contributed by atoms with van der Waals surface area (Å²) in [5.41, 5.74) is 1.45. The predicted molar refractivity (Wildman–Crippen MR) is 96.0 cm³/mol. The van der Waals surface area contributed by atoms with Crippen molar-refractivity contribution in [2.45, 2.75) is 19.8 Å². The molecule has 0 aliphatic rings. The van der Waals surface area contributed by atoms with Gasteiger partial charge in [-0.2, -0.15) is 9.78 Å². The summed E-state index contributed by atoms with van der Waals surface area (Å²) in [6, 6.07) is 14.8. The van der Waals surface area contributed by atoms with Crippen molar-refractivity contribution < 1.29 is 4.74 Å². The van der Waals surface area contributed by atoms with E-state index >= 15 is 0 Å². The molecule has 0 spiro atoms. The van der Waals surface area contributed by atoms with Crippen molar-refractivity contribution in [3.63, 3.8) is 0 Å². The quantitative estimate of drug-likeness (QED) is 0.678. The van der Waals surface area contributed by atoms with E-state index in [-0.39, 0.29) is 5.56 Å². The minimum Gasteiger partial charge on any atom is -0.497 e. The van der Waals surface area contributed by atoms with Gasteiger partial charge in [-0.25, -0.2) is 4.98 Å². The Balaban J connectivity index is 2.06. The van der Waals surface area contributed by atoms with E-state index in [0.29, 0.717) is 23.1 Å². The molecule has 0 bridgehead atoms. The normalized spacial score (nSPS) is 11.2. The largest absolute Gasteiger partial charge is 0.497 e. The fourth-order valence-corrected chi connectivity index (χ4v) is 2.49. The van der Waals surface area contributed by atoms with Crippen molar-refractivity contribution >= 4 is 17.1 Å². The van der Waals surface area contributed by atoms with E-state index in [0.717, 1.165) is 17.7 Å². The summed E-state index contributed by atoms with van der Waals surface area (Å²) >= 11 is 0. The molecule has 0 radical (unpaired) electrons. The van der Waals surface area contributed by atoms with E-state index in [9.17, 15) is 4.79 Å². The lowest BCUT2D eigenvalue weighted by Gasteiger charge is -2.08. The number of ether oxygens (including phenoxy) is 1. The number of aromatic nitrogens is 2. The molecule has 0 N–H and O–H groups in total. The number of aryl methyl sites for hydroxylation is 1. The van der Waals surface area contributed by atoms with Crippen LogP contribution in [0.4, 0.5) is 0 Å². The van der Waals surface area contributed by atoms with Crippen LogP contribution in [-0.2, 0) is 6.42 Å². The summed E-state index contributed by atoms with van der Waals surface area (Å²) in [7, 11) is 1.63.